The van der Waals surface area contributed by atoms with Crippen molar-refractivity contribution >= 4 is 0 Å². The Morgan fingerprint density at radius 1 is 1.57 bits per heavy atom. The van der Waals surface area contributed by atoms with Crippen LogP contribution in [0.1, 0.15) is 32.6 Å². The lowest BCUT2D eigenvalue weighted by Crippen LogP contribution is -2.45. The first-order valence-electron chi connectivity index (χ1n) is 5.84. The van der Waals surface area contributed by atoms with Gasteiger partial charge < -0.3 is 5.11 Å². The normalized spacial score (nSPS) is 47.4. The van der Waals surface area contributed by atoms with E-state index < -0.39 is 0 Å². The van der Waals surface area contributed by atoms with E-state index in [1.165, 1.54) is 24.8 Å². The molecular formula is C12H19NO. The Morgan fingerprint density at radius 2 is 2.43 bits per heavy atom. The fourth-order valence-corrected chi connectivity index (χ4v) is 3.59. The molecule has 1 N–H and O–H groups in total. The molecule has 0 spiro atoms. The molecule has 2 heteroatoms. The maximum absolute atomic E-state index is 10.7. The molecule has 2 heterocycles. The van der Waals surface area contributed by atoms with Crippen LogP contribution in [-0.2, 0) is 0 Å². The topological polar surface area (TPSA) is 23.5 Å². The molecule has 2 nitrogen and oxygen atoms in total. The molecule has 3 rings (SSSR count). The minimum absolute atomic E-state index is 0.337. The summed E-state index contributed by atoms with van der Waals surface area (Å²) in [5.41, 5.74) is 1.09. The fraction of sp³-hybridized carbons (Fsp3) is 0.833. The van der Waals surface area contributed by atoms with Gasteiger partial charge in [0.15, 0.2) is 0 Å². The van der Waals surface area contributed by atoms with Gasteiger partial charge in [0.25, 0.3) is 0 Å². The van der Waals surface area contributed by atoms with Crippen LogP contribution in [0, 0.1) is 5.92 Å². The smallest absolute Gasteiger partial charge is 0.0878 e. The van der Waals surface area contributed by atoms with Crippen LogP contribution in [0.15, 0.2) is 11.6 Å². The van der Waals surface area contributed by atoms with Crippen LogP contribution in [0.3, 0.4) is 0 Å². The molecule has 0 bridgehead atoms. The van der Waals surface area contributed by atoms with Crippen molar-refractivity contribution < 1.29 is 5.11 Å². The molecule has 0 aromatic carbocycles. The van der Waals surface area contributed by atoms with Crippen LogP contribution >= 0.6 is 0 Å². The highest BCUT2D eigenvalue weighted by Crippen LogP contribution is 2.47. The van der Waals surface area contributed by atoms with E-state index in [-0.39, 0.29) is 5.60 Å². The number of rotatable bonds is 0. The lowest BCUT2D eigenvalue weighted by atomic mass is 9.86. The third kappa shape index (κ3) is 1.04. The summed E-state index contributed by atoms with van der Waals surface area (Å²) in [5, 5.41) is 10.7. The molecule has 3 atom stereocenters. The fourth-order valence-electron chi connectivity index (χ4n) is 3.59. The van der Waals surface area contributed by atoms with Crippen LogP contribution in [0.25, 0.3) is 0 Å². The molecule has 1 saturated carbocycles. The van der Waals surface area contributed by atoms with E-state index in [0.717, 1.165) is 19.5 Å². The number of fused-ring (bicyclic) bond motifs is 3. The van der Waals surface area contributed by atoms with Crippen LogP contribution in [-0.4, -0.2) is 34.7 Å². The Kier molecular flexibility index (Phi) is 1.80. The molecule has 1 saturated heterocycles. The summed E-state index contributed by atoms with van der Waals surface area (Å²) in [6.45, 7) is 4.49. The summed E-state index contributed by atoms with van der Waals surface area (Å²) in [7, 11) is 0. The lowest BCUT2D eigenvalue weighted by molar-refractivity contribution is 0.00397. The van der Waals surface area contributed by atoms with Crippen molar-refractivity contribution in [3.63, 3.8) is 0 Å². The van der Waals surface area contributed by atoms with Gasteiger partial charge in [0, 0.05) is 19.0 Å². The maximum Gasteiger partial charge on any atom is 0.0878 e. The molecule has 3 aliphatic rings. The standard InChI is InChI=1S/C12H19NO/c1-9-4-6-13-8-10-3-2-5-12(10,14)11(13)7-9/h7,10-11,14H,2-6,8H2,1H3/t10-,11-,12+/m0/s1. The quantitative estimate of drug-likeness (QED) is 0.590. The highest BCUT2D eigenvalue weighted by atomic mass is 16.3. The van der Waals surface area contributed by atoms with Gasteiger partial charge in [-0.3, -0.25) is 4.90 Å². The van der Waals surface area contributed by atoms with Crippen LogP contribution in [0.2, 0.25) is 0 Å². The first kappa shape index (κ1) is 8.93. The van der Waals surface area contributed by atoms with Crippen molar-refractivity contribution in [2.45, 2.75) is 44.2 Å². The van der Waals surface area contributed by atoms with Gasteiger partial charge in [-0.15, -0.1) is 0 Å². The van der Waals surface area contributed by atoms with Gasteiger partial charge >= 0.3 is 0 Å². The minimum atomic E-state index is -0.373. The van der Waals surface area contributed by atoms with Crippen molar-refractivity contribution in [3.8, 4) is 0 Å². The third-order valence-corrected chi connectivity index (χ3v) is 4.43. The van der Waals surface area contributed by atoms with Gasteiger partial charge in [-0.1, -0.05) is 18.1 Å². The maximum atomic E-state index is 10.7. The van der Waals surface area contributed by atoms with Gasteiger partial charge in [0.05, 0.1) is 11.6 Å². The van der Waals surface area contributed by atoms with Gasteiger partial charge in [-0.25, -0.2) is 0 Å². The Bertz CT molecular complexity index is 286. The zero-order valence-corrected chi connectivity index (χ0v) is 8.87. The monoisotopic (exact) mass is 193 g/mol. The second-order valence-electron chi connectivity index (χ2n) is 5.28. The molecule has 14 heavy (non-hydrogen) atoms. The molecule has 78 valence electrons. The number of hydrogen-bond acceptors (Lipinski definition) is 2. The molecule has 2 fully saturated rings. The van der Waals surface area contributed by atoms with Gasteiger partial charge in [-0.2, -0.15) is 0 Å². The highest BCUT2D eigenvalue weighted by Gasteiger charge is 2.54. The summed E-state index contributed by atoms with van der Waals surface area (Å²) < 4.78 is 0. The molecule has 0 radical (unpaired) electrons. The van der Waals surface area contributed by atoms with E-state index in [2.05, 4.69) is 17.9 Å². The largest absolute Gasteiger partial charge is 0.388 e. The van der Waals surface area contributed by atoms with Crippen LogP contribution < -0.4 is 0 Å². The average molecular weight is 193 g/mol. The Hall–Kier alpha value is -0.340. The molecule has 0 aromatic rings. The van der Waals surface area contributed by atoms with E-state index >= 15 is 0 Å². The second kappa shape index (κ2) is 2.83. The number of nitrogens with zero attached hydrogens (tertiary/aromatic N) is 1. The van der Waals surface area contributed by atoms with E-state index in [4.69, 9.17) is 0 Å². The summed E-state index contributed by atoms with van der Waals surface area (Å²) in [6, 6.07) is 0.337. The summed E-state index contributed by atoms with van der Waals surface area (Å²) in [4.78, 5) is 2.48. The molecule has 0 amide bonds. The number of hydrogen-bond donors (Lipinski definition) is 1. The molecule has 0 aromatic heterocycles. The average Bonchev–Trinajstić information content (AvgIpc) is 2.62. The predicted octanol–water partition coefficient (Wildman–Crippen LogP) is 1.55. The zero-order valence-electron chi connectivity index (χ0n) is 8.87. The SMILES string of the molecule is CC1=C[C@@H]2N(CC1)C[C@@H]1CCC[C@@]12O. The summed E-state index contributed by atoms with van der Waals surface area (Å²) in [5.74, 6) is 0.551. The molecular weight excluding hydrogens is 174 g/mol. The van der Waals surface area contributed by atoms with E-state index in [1.54, 1.807) is 0 Å². The van der Waals surface area contributed by atoms with Gasteiger partial charge in [-0.05, 0) is 26.2 Å². The Balaban J connectivity index is 1.96. The van der Waals surface area contributed by atoms with Gasteiger partial charge in [0.2, 0.25) is 0 Å². The molecule has 0 unspecified atom stereocenters. The summed E-state index contributed by atoms with van der Waals surface area (Å²) >= 11 is 0. The van der Waals surface area contributed by atoms with E-state index in [9.17, 15) is 5.11 Å². The molecule has 1 aliphatic carbocycles. The first-order chi connectivity index (χ1) is 6.70. The van der Waals surface area contributed by atoms with Crippen molar-refractivity contribution in [2.24, 2.45) is 5.92 Å². The summed E-state index contributed by atoms with van der Waals surface area (Å²) in [6.07, 6.45) is 6.98. The Labute approximate surface area is 85.6 Å². The second-order valence-corrected chi connectivity index (χ2v) is 5.28. The Morgan fingerprint density at radius 3 is 3.29 bits per heavy atom. The van der Waals surface area contributed by atoms with Crippen molar-refractivity contribution in [1.82, 2.24) is 4.90 Å². The first-order valence-corrected chi connectivity index (χ1v) is 5.84. The lowest BCUT2D eigenvalue weighted by Gasteiger charge is -2.34. The zero-order chi connectivity index (χ0) is 9.76. The van der Waals surface area contributed by atoms with Crippen molar-refractivity contribution in [1.29, 1.82) is 0 Å². The van der Waals surface area contributed by atoms with Crippen LogP contribution in [0.4, 0.5) is 0 Å². The van der Waals surface area contributed by atoms with E-state index in [1.807, 2.05) is 0 Å². The van der Waals surface area contributed by atoms with E-state index in [0.29, 0.717) is 12.0 Å². The van der Waals surface area contributed by atoms with Crippen molar-refractivity contribution in [3.05, 3.63) is 11.6 Å². The highest BCUT2D eigenvalue weighted by molar-refractivity contribution is 5.21. The predicted molar refractivity (Wildman–Crippen MR) is 56.0 cm³/mol. The van der Waals surface area contributed by atoms with Gasteiger partial charge in [0.1, 0.15) is 0 Å². The molecule has 2 aliphatic heterocycles. The van der Waals surface area contributed by atoms with Crippen LogP contribution in [0.5, 0.6) is 0 Å². The van der Waals surface area contributed by atoms with Crippen molar-refractivity contribution in [2.75, 3.05) is 13.1 Å². The third-order valence-electron chi connectivity index (χ3n) is 4.43. The number of aliphatic hydroxyl groups is 1. The minimum Gasteiger partial charge on any atom is -0.388 e.